The van der Waals surface area contributed by atoms with Crippen molar-refractivity contribution in [3.05, 3.63) is 66.7 Å². The fourth-order valence-corrected chi connectivity index (χ4v) is 2.78. The molecule has 0 aliphatic carbocycles. The van der Waals surface area contributed by atoms with Gasteiger partial charge in [0.25, 0.3) is 5.91 Å². The maximum Gasteiger partial charge on any atom is 0.258 e. The van der Waals surface area contributed by atoms with E-state index in [1.807, 2.05) is 6.07 Å². The molecular weight excluding hydrogens is 370 g/mol. The van der Waals surface area contributed by atoms with Gasteiger partial charge in [-0.25, -0.2) is 13.6 Å². The Morgan fingerprint density at radius 1 is 1.11 bits per heavy atom. The number of nitrogens with two attached hydrogens (primary N) is 1. The first-order chi connectivity index (χ1) is 12.9. The topological polar surface area (TPSA) is 129 Å². The third kappa shape index (κ3) is 5.12. The smallest absolute Gasteiger partial charge is 0.258 e. The van der Waals surface area contributed by atoms with Crippen LogP contribution in [0.1, 0.15) is 5.56 Å². The first-order valence-corrected chi connectivity index (χ1v) is 9.43. The van der Waals surface area contributed by atoms with Gasteiger partial charge in [-0.2, -0.15) is 0 Å². The number of hydrogen-bond acceptors (Lipinski definition) is 6. The highest BCUT2D eigenvalue weighted by molar-refractivity contribution is 7.89. The Morgan fingerprint density at radius 3 is 2.48 bits per heavy atom. The van der Waals surface area contributed by atoms with Crippen LogP contribution in [0.3, 0.4) is 0 Å². The van der Waals surface area contributed by atoms with E-state index in [4.69, 9.17) is 9.88 Å². The van der Waals surface area contributed by atoms with E-state index < -0.39 is 10.0 Å². The van der Waals surface area contributed by atoms with Gasteiger partial charge in [0.05, 0.1) is 10.6 Å². The Bertz CT molecular complexity index is 1020. The number of carbonyl (C=O) groups excluding carboxylic acids is 1. The second-order valence-corrected chi connectivity index (χ2v) is 7.18. The summed E-state index contributed by atoms with van der Waals surface area (Å²) in [5, 5.41) is 15.2. The normalized spacial score (nSPS) is 11.1. The number of benzene rings is 2. The number of sulfonamides is 1. The molecule has 9 nitrogen and oxygen atoms in total. The maximum atomic E-state index is 12.0. The molecule has 0 aliphatic heterocycles. The minimum Gasteiger partial charge on any atom is -0.484 e. The Hall–Kier alpha value is -3.24. The molecular formula is C17H17N5O4S. The number of hydrogen-bond donors (Lipinski definition) is 2. The molecule has 0 radical (unpaired) electrons. The number of carbonyl (C=O) groups is 1. The fraction of sp³-hybridized carbons (Fsp3) is 0.118. The van der Waals surface area contributed by atoms with Crippen LogP contribution in [-0.2, 0) is 21.4 Å². The lowest BCUT2D eigenvalue weighted by Crippen LogP contribution is -2.28. The van der Waals surface area contributed by atoms with Gasteiger partial charge in [-0.3, -0.25) is 9.36 Å². The second kappa shape index (κ2) is 7.98. The molecule has 3 aromatic rings. The molecule has 0 aliphatic rings. The van der Waals surface area contributed by atoms with Crippen LogP contribution in [0.5, 0.6) is 5.75 Å². The highest BCUT2D eigenvalue weighted by Gasteiger charge is 2.08. The average Bonchev–Trinajstić information content (AvgIpc) is 3.19. The number of nitrogens with one attached hydrogen (secondary N) is 1. The summed E-state index contributed by atoms with van der Waals surface area (Å²) in [6.07, 6.45) is 3.12. The molecule has 1 heterocycles. The number of aromatic nitrogens is 3. The summed E-state index contributed by atoms with van der Waals surface area (Å²) < 4.78 is 29.6. The van der Waals surface area contributed by atoms with Crippen LogP contribution >= 0.6 is 0 Å². The van der Waals surface area contributed by atoms with Crippen LogP contribution < -0.4 is 15.2 Å². The number of rotatable bonds is 7. The van der Waals surface area contributed by atoms with E-state index >= 15 is 0 Å². The third-order valence-corrected chi connectivity index (χ3v) is 4.58. The van der Waals surface area contributed by atoms with E-state index in [2.05, 4.69) is 15.5 Å². The molecule has 0 bridgehead atoms. The molecule has 1 aromatic heterocycles. The van der Waals surface area contributed by atoms with Gasteiger partial charge < -0.3 is 10.1 Å². The van der Waals surface area contributed by atoms with E-state index in [-0.39, 0.29) is 24.0 Å². The molecule has 3 rings (SSSR count). The summed E-state index contributed by atoms with van der Waals surface area (Å²) in [7, 11) is -3.73. The Morgan fingerprint density at radius 2 is 1.81 bits per heavy atom. The molecule has 10 heteroatoms. The number of nitrogens with zero attached hydrogens (tertiary/aromatic N) is 3. The first kappa shape index (κ1) is 18.5. The molecule has 0 saturated heterocycles. The van der Waals surface area contributed by atoms with Crippen LogP contribution in [0.25, 0.3) is 5.69 Å². The first-order valence-electron chi connectivity index (χ1n) is 7.88. The molecule has 1 amide bonds. The van der Waals surface area contributed by atoms with E-state index in [0.29, 0.717) is 5.75 Å². The quantitative estimate of drug-likeness (QED) is 0.611. The Kier molecular flexibility index (Phi) is 5.48. The van der Waals surface area contributed by atoms with Crippen molar-refractivity contribution < 1.29 is 17.9 Å². The molecule has 3 N–H and O–H groups in total. The molecule has 140 valence electrons. The van der Waals surface area contributed by atoms with Gasteiger partial charge in [0, 0.05) is 12.6 Å². The summed E-state index contributed by atoms with van der Waals surface area (Å²) in [5.74, 6) is 0.231. The van der Waals surface area contributed by atoms with Crippen LogP contribution in [0, 0.1) is 0 Å². The number of amides is 1. The Labute approximate surface area is 155 Å². The predicted molar refractivity (Wildman–Crippen MR) is 96.5 cm³/mol. The van der Waals surface area contributed by atoms with Crippen molar-refractivity contribution in [3.8, 4) is 11.4 Å². The highest BCUT2D eigenvalue weighted by atomic mass is 32.2. The molecule has 27 heavy (non-hydrogen) atoms. The highest BCUT2D eigenvalue weighted by Crippen LogP contribution is 2.16. The zero-order valence-electron chi connectivity index (χ0n) is 14.1. The molecule has 2 aromatic carbocycles. The summed E-state index contributed by atoms with van der Waals surface area (Å²) in [5.41, 5.74) is 1.55. The number of ether oxygens (including phenoxy) is 1. The zero-order chi connectivity index (χ0) is 19.3. The van der Waals surface area contributed by atoms with Gasteiger partial charge in [0.15, 0.2) is 6.61 Å². The summed E-state index contributed by atoms with van der Waals surface area (Å²) in [4.78, 5) is 12.0. The average molecular weight is 387 g/mol. The van der Waals surface area contributed by atoms with Crippen molar-refractivity contribution >= 4 is 15.9 Å². The van der Waals surface area contributed by atoms with E-state index in [0.717, 1.165) is 11.3 Å². The van der Waals surface area contributed by atoms with E-state index in [9.17, 15) is 13.2 Å². The van der Waals surface area contributed by atoms with Gasteiger partial charge >= 0.3 is 0 Å². The minimum absolute atomic E-state index is 0.0221. The lowest BCUT2D eigenvalue weighted by molar-refractivity contribution is -0.123. The van der Waals surface area contributed by atoms with Gasteiger partial charge in [-0.1, -0.05) is 18.2 Å². The van der Waals surface area contributed by atoms with Crippen molar-refractivity contribution in [2.24, 2.45) is 5.14 Å². The fourth-order valence-electron chi connectivity index (χ4n) is 2.27. The van der Waals surface area contributed by atoms with Gasteiger partial charge in [-0.05, 0) is 29.8 Å². The monoisotopic (exact) mass is 387 g/mol. The SMILES string of the molecule is NS(=O)(=O)c1ccc(CNC(=O)COc2cccc(-n3cnnc3)c2)cc1. The lowest BCUT2D eigenvalue weighted by atomic mass is 10.2. The maximum absolute atomic E-state index is 12.0. The van der Waals surface area contributed by atoms with Crippen molar-refractivity contribution in [3.63, 3.8) is 0 Å². The van der Waals surface area contributed by atoms with Crippen LogP contribution in [-0.4, -0.2) is 35.7 Å². The molecule has 0 fully saturated rings. The van der Waals surface area contributed by atoms with Gasteiger partial charge in [-0.15, -0.1) is 10.2 Å². The van der Waals surface area contributed by atoms with Gasteiger partial charge in [0.2, 0.25) is 10.0 Å². The third-order valence-electron chi connectivity index (χ3n) is 3.65. The van der Waals surface area contributed by atoms with Crippen molar-refractivity contribution in [1.29, 1.82) is 0 Å². The molecule has 0 unspecified atom stereocenters. The second-order valence-electron chi connectivity index (χ2n) is 5.62. The van der Waals surface area contributed by atoms with E-state index in [1.54, 1.807) is 47.6 Å². The molecule has 0 spiro atoms. The van der Waals surface area contributed by atoms with Crippen molar-refractivity contribution in [2.45, 2.75) is 11.4 Å². The Balaban J connectivity index is 1.51. The predicted octanol–water partition coefficient (Wildman–Crippen LogP) is 0.610. The zero-order valence-corrected chi connectivity index (χ0v) is 15.0. The minimum atomic E-state index is -3.73. The largest absolute Gasteiger partial charge is 0.484 e. The van der Waals surface area contributed by atoms with E-state index in [1.165, 1.54) is 12.1 Å². The lowest BCUT2D eigenvalue weighted by Gasteiger charge is -2.09. The van der Waals surface area contributed by atoms with Gasteiger partial charge in [0.1, 0.15) is 18.4 Å². The van der Waals surface area contributed by atoms with Crippen molar-refractivity contribution in [2.75, 3.05) is 6.61 Å². The number of primary sulfonamides is 1. The van der Waals surface area contributed by atoms with Crippen LogP contribution in [0.15, 0.2) is 66.1 Å². The molecule has 0 saturated carbocycles. The summed E-state index contributed by atoms with van der Waals surface area (Å²) in [6.45, 7) is 0.0920. The summed E-state index contributed by atoms with van der Waals surface area (Å²) in [6, 6.07) is 13.1. The molecule has 0 atom stereocenters. The van der Waals surface area contributed by atoms with Crippen molar-refractivity contribution in [1.82, 2.24) is 20.1 Å². The van der Waals surface area contributed by atoms with Crippen LogP contribution in [0.4, 0.5) is 0 Å². The standard InChI is InChI=1S/C17H17N5O4S/c18-27(24,25)16-6-4-13(5-7-16)9-19-17(23)10-26-15-3-1-2-14(8-15)22-11-20-21-12-22/h1-8,11-12H,9-10H2,(H,19,23)(H2,18,24,25). The summed E-state index contributed by atoms with van der Waals surface area (Å²) >= 11 is 0. The van der Waals surface area contributed by atoms with Crippen LogP contribution in [0.2, 0.25) is 0 Å².